The molecule has 0 radical (unpaired) electrons. The van der Waals surface area contributed by atoms with E-state index in [4.69, 9.17) is 4.42 Å². The molecular formula is C21H17N3O2. The van der Waals surface area contributed by atoms with Gasteiger partial charge in [0.2, 0.25) is 5.89 Å². The lowest BCUT2D eigenvalue weighted by atomic mass is 10.1. The predicted molar refractivity (Wildman–Crippen MR) is 101 cm³/mol. The number of benzene rings is 2. The van der Waals surface area contributed by atoms with Gasteiger partial charge in [-0.25, -0.2) is 4.98 Å². The van der Waals surface area contributed by atoms with Gasteiger partial charge in [-0.05, 0) is 50.2 Å². The number of fused-ring (bicyclic) bond motifs is 1. The van der Waals surface area contributed by atoms with Gasteiger partial charge in [0.1, 0.15) is 5.76 Å². The molecule has 0 unspecified atom stereocenters. The summed E-state index contributed by atoms with van der Waals surface area (Å²) in [5.41, 5.74) is 3.68. The molecule has 2 aromatic heterocycles. The van der Waals surface area contributed by atoms with Crippen molar-refractivity contribution in [2.24, 2.45) is 0 Å². The molecule has 5 heteroatoms. The minimum Gasteiger partial charge on any atom is -0.441 e. The van der Waals surface area contributed by atoms with Gasteiger partial charge in [-0.15, -0.1) is 0 Å². The van der Waals surface area contributed by atoms with Gasteiger partial charge >= 0.3 is 0 Å². The molecular weight excluding hydrogens is 326 g/mol. The maximum absolute atomic E-state index is 12.6. The van der Waals surface area contributed by atoms with Gasteiger partial charge in [0, 0.05) is 22.8 Å². The molecule has 1 amide bonds. The van der Waals surface area contributed by atoms with Gasteiger partial charge < -0.3 is 9.73 Å². The summed E-state index contributed by atoms with van der Waals surface area (Å²) in [4.78, 5) is 21.4. The highest BCUT2D eigenvalue weighted by Crippen LogP contribution is 2.24. The Morgan fingerprint density at radius 2 is 1.77 bits per heavy atom. The highest BCUT2D eigenvalue weighted by atomic mass is 16.4. The Morgan fingerprint density at radius 3 is 2.50 bits per heavy atom. The molecule has 0 spiro atoms. The summed E-state index contributed by atoms with van der Waals surface area (Å²) in [6.45, 7) is 3.80. The van der Waals surface area contributed by atoms with Crippen LogP contribution in [0.15, 0.2) is 65.2 Å². The number of nitrogens with one attached hydrogen (secondary N) is 1. The molecule has 5 nitrogen and oxygen atoms in total. The summed E-state index contributed by atoms with van der Waals surface area (Å²) in [6.07, 6.45) is 1.69. The van der Waals surface area contributed by atoms with Crippen LogP contribution in [0.25, 0.3) is 22.4 Å². The molecule has 0 aliphatic heterocycles. The van der Waals surface area contributed by atoms with Crippen LogP contribution in [-0.4, -0.2) is 15.9 Å². The van der Waals surface area contributed by atoms with E-state index in [-0.39, 0.29) is 5.91 Å². The lowest BCUT2D eigenvalue weighted by molar-refractivity contribution is 0.102. The first kappa shape index (κ1) is 16.0. The summed E-state index contributed by atoms with van der Waals surface area (Å²) >= 11 is 0. The molecule has 0 fully saturated rings. The number of aromatic nitrogens is 2. The first-order valence-electron chi connectivity index (χ1n) is 8.31. The lowest BCUT2D eigenvalue weighted by Gasteiger charge is -2.08. The molecule has 2 aromatic carbocycles. The molecule has 0 atom stereocenters. The van der Waals surface area contributed by atoms with Crippen LogP contribution in [0.5, 0.6) is 0 Å². The van der Waals surface area contributed by atoms with Crippen molar-refractivity contribution in [3.05, 3.63) is 77.8 Å². The topological polar surface area (TPSA) is 68.0 Å². The maximum Gasteiger partial charge on any atom is 0.257 e. The molecule has 4 rings (SSSR count). The second-order valence-electron chi connectivity index (χ2n) is 6.07. The van der Waals surface area contributed by atoms with Crippen molar-refractivity contribution < 1.29 is 9.21 Å². The third-order valence-electron chi connectivity index (χ3n) is 4.30. The first-order chi connectivity index (χ1) is 12.6. The lowest BCUT2D eigenvalue weighted by Crippen LogP contribution is -2.12. The molecule has 4 aromatic rings. The largest absolute Gasteiger partial charge is 0.441 e. The van der Waals surface area contributed by atoms with Gasteiger partial charge in [0.05, 0.1) is 16.8 Å². The number of oxazole rings is 1. The van der Waals surface area contributed by atoms with Crippen molar-refractivity contribution >= 4 is 22.5 Å². The van der Waals surface area contributed by atoms with Crippen LogP contribution in [0.4, 0.5) is 5.69 Å². The van der Waals surface area contributed by atoms with E-state index >= 15 is 0 Å². The minimum atomic E-state index is -0.190. The average Bonchev–Trinajstić information content (AvgIpc) is 3.00. The van der Waals surface area contributed by atoms with E-state index in [9.17, 15) is 4.79 Å². The fourth-order valence-electron chi connectivity index (χ4n) is 2.78. The maximum atomic E-state index is 12.6. The second-order valence-corrected chi connectivity index (χ2v) is 6.07. The molecule has 1 N–H and O–H groups in total. The standard InChI is InChI=1S/C21H17N3O2/c1-13-14(2)26-21(23-13)16-8-10-17(11-9-16)24-20(25)18-7-3-5-15-6-4-12-22-19(15)18/h3-12H,1-2H3,(H,24,25). The van der Waals surface area contributed by atoms with Crippen LogP contribution in [0.2, 0.25) is 0 Å². The molecule has 0 aliphatic rings. The van der Waals surface area contributed by atoms with Crippen molar-refractivity contribution in [2.45, 2.75) is 13.8 Å². The number of carbonyl (C=O) groups is 1. The fourth-order valence-corrected chi connectivity index (χ4v) is 2.78. The van der Waals surface area contributed by atoms with Crippen LogP contribution >= 0.6 is 0 Å². The van der Waals surface area contributed by atoms with Crippen LogP contribution in [0.1, 0.15) is 21.8 Å². The number of amides is 1. The Kier molecular flexibility index (Phi) is 3.97. The highest BCUT2D eigenvalue weighted by Gasteiger charge is 2.12. The zero-order chi connectivity index (χ0) is 18.1. The fraction of sp³-hybridized carbons (Fsp3) is 0.0952. The van der Waals surface area contributed by atoms with Crippen molar-refractivity contribution in [2.75, 3.05) is 5.32 Å². The third kappa shape index (κ3) is 2.95. The number of pyridine rings is 1. The van der Waals surface area contributed by atoms with Gasteiger partial charge in [0.25, 0.3) is 5.91 Å². The molecule has 2 heterocycles. The smallest absolute Gasteiger partial charge is 0.257 e. The zero-order valence-corrected chi connectivity index (χ0v) is 14.5. The zero-order valence-electron chi connectivity index (χ0n) is 14.5. The molecule has 26 heavy (non-hydrogen) atoms. The van der Waals surface area contributed by atoms with E-state index in [1.54, 1.807) is 12.3 Å². The van der Waals surface area contributed by atoms with Crippen LogP contribution in [0, 0.1) is 13.8 Å². The number of nitrogens with zero attached hydrogens (tertiary/aromatic N) is 2. The molecule has 0 aliphatic carbocycles. The van der Waals surface area contributed by atoms with E-state index in [1.165, 1.54) is 0 Å². The van der Waals surface area contributed by atoms with E-state index in [1.807, 2.05) is 62.4 Å². The third-order valence-corrected chi connectivity index (χ3v) is 4.30. The minimum absolute atomic E-state index is 0.190. The number of rotatable bonds is 3. The van der Waals surface area contributed by atoms with E-state index in [0.29, 0.717) is 22.7 Å². The number of aryl methyl sites for hydroxylation is 2. The Bertz CT molecular complexity index is 1070. The summed E-state index contributed by atoms with van der Waals surface area (Å²) in [6, 6.07) is 16.8. The Labute approximate surface area is 150 Å². The first-order valence-corrected chi connectivity index (χ1v) is 8.31. The molecule has 128 valence electrons. The van der Waals surface area contributed by atoms with E-state index < -0.39 is 0 Å². The van der Waals surface area contributed by atoms with Crippen LogP contribution in [-0.2, 0) is 0 Å². The van der Waals surface area contributed by atoms with E-state index in [0.717, 1.165) is 22.4 Å². The van der Waals surface area contributed by atoms with Gasteiger partial charge in [-0.3, -0.25) is 9.78 Å². The van der Waals surface area contributed by atoms with Crippen molar-refractivity contribution in [3.8, 4) is 11.5 Å². The highest BCUT2D eigenvalue weighted by molar-refractivity contribution is 6.11. The number of carbonyl (C=O) groups excluding carboxylic acids is 1. The number of para-hydroxylation sites is 1. The summed E-state index contributed by atoms with van der Waals surface area (Å²) in [5, 5.41) is 3.85. The normalized spacial score (nSPS) is 10.8. The average molecular weight is 343 g/mol. The number of hydrogen-bond donors (Lipinski definition) is 1. The SMILES string of the molecule is Cc1nc(-c2ccc(NC(=O)c3cccc4cccnc34)cc2)oc1C. The summed E-state index contributed by atoms with van der Waals surface area (Å²) in [5.74, 6) is 1.20. The van der Waals surface area contributed by atoms with Crippen molar-refractivity contribution in [1.82, 2.24) is 9.97 Å². The van der Waals surface area contributed by atoms with Crippen molar-refractivity contribution in [1.29, 1.82) is 0 Å². The molecule has 0 saturated heterocycles. The number of hydrogen-bond acceptors (Lipinski definition) is 4. The Balaban J connectivity index is 1.58. The van der Waals surface area contributed by atoms with Crippen LogP contribution < -0.4 is 5.32 Å². The summed E-state index contributed by atoms with van der Waals surface area (Å²) < 4.78 is 5.63. The molecule has 0 bridgehead atoms. The van der Waals surface area contributed by atoms with Gasteiger partial charge in [-0.2, -0.15) is 0 Å². The van der Waals surface area contributed by atoms with E-state index in [2.05, 4.69) is 15.3 Å². The van der Waals surface area contributed by atoms with Gasteiger partial charge in [-0.1, -0.05) is 18.2 Å². The quantitative estimate of drug-likeness (QED) is 0.582. The Hall–Kier alpha value is -3.47. The molecule has 0 saturated carbocycles. The monoisotopic (exact) mass is 343 g/mol. The van der Waals surface area contributed by atoms with Crippen molar-refractivity contribution in [3.63, 3.8) is 0 Å². The number of anilines is 1. The summed E-state index contributed by atoms with van der Waals surface area (Å²) in [7, 11) is 0. The van der Waals surface area contributed by atoms with Crippen LogP contribution in [0.3, 0.4) is 0 Å². The Morgan fingerprint density at radius 1 is 1.00 bits per heavy atom. The second kappa shape index (κ2) is 6.44. The predicted octanol–water partition coefficient (Wildman–Crippen LogP) is 4.76. The van der Waals surface area contributed by atoms with Gasteiger partial charge in [0.15, 0.2) is 0 Å².